The van der Waals surface area contributed by atoms with Gasteiger partial charge in [0.1, 0.15) is 5.75 Å². The van der Waals surface area contributed by atoms with Gasteiger partial charge in [0.15, 0.2) is 9.84 Å². The zero-order valence-corrected chi connectivity index (χ0v) is 14.3. The van der Waals surface area contributed by atoms with Gasteiger partial charge in [0.05, 0.1) is 11.5 Å². The Labute approximate surface area is 137 Å². The van der Waals surface area contributed by atoms with Crippen LogP contribution >= 0.6 is 0 Å². The van der Waals surface area contributed by atoms with Gasteiger partial charge < -0.3 is 15.3 Å². The SMILES string of the molecule is C[C@@H](CCc1ccc(O)cc1)NC(=O)N(C)[C@@H]1CCS(=O)(=O)C1. The molecule has 2 N–H and O–H groups in total. The van der Waals surface area contributed by atoms with E-state index < -0.39 is 9.84 Å². The third-order valence-electron chi connectivity index (χ3n) is 4.25. The molecule has 7 heteroatoms. The van der Waals surface area contributed by atoms with E-state index in [1.165, 1.54) is 4.90 Å². The van der Waals surface area contributed by atoms with Crippen LogP contribution in [0.3, 0.4) is 0 Å². The second-order valence-electron chi connectivity index (χ2n) is 6.22. The first-order chi connectivity index (χ1) is 10.8. The molecule has 6 nitrogen and oxygen atoms in total. The average molecular weight is 340 g/mol. The molecule has 1 aliphatic heterocycles. The van der Waals surface area contributed by atoms with Gasteiger partial charge in [-0.05, 0) is 43.9 Å². The highest BCUT2D eigenvalue weighted by Gasteiger charge is 2.32. The summed E-state index contributed by atoms with van der Waals surface area (Å²) in [4.78, 5) is 13.7. The van der Waals surface area contributed by atoms with Gasteiger partial charge in [-0.3, -0.25) is 0 Å². The number of aromatic hydroxyl groups is 1. The molecule has 2 rings (SSSR count). The number of aryl methyl sites for hydroxylation is 1. The monoisotopic (exact) mass is 340 g/mol. The van der Waals surface area contributed by atoms with Gasteiger partial charge in [0.2, 0.25) is 0 Å². The third kappa shape index (κ3) is 5.13. The van der Waals surface area contributed by atoms with Crippen molar-refractivity contribution in [1.29, 1.82) is 0 Å². The molecule has 128 valence electrons. The maximum absolute atomic E-state index is 12.2. The number of carbonyl (C=O) groups excluding carboxylic acids is 1. The molecule has 23 heavy (non-hydrogen) atoms. The highest BCUT2D eigenvalue weighted by atomic mass is 32.2. The molecule has 1 heterocycles. The summed E-state index contributed by atoms with van der Waals surface area (Å²) < 4.78 is 23.0. The topological polar surface area (TPSA) is 86.7 Å². The second kappa shape index (κ2) is 7.21. The predicted molar refractivity (Wildman–Crippen MR) is 89.2 cm³/mol. The number of hydrogen-bond acceptors (Lipinski definition) is 4. The van der Waals surface area contributed by atoms with Crippen molar-refractivity contribution in [1.82, 2.24) is 10.2 Å². The molecule has 0 aromatic heterocycles. The molecule has 1 saturated heterocycles. The molecule has 1 aliphatic rings. The number of phenolic OH excluding ortho intramolecular Hbond substituents is 1. The summed E-state index contributed by atoms with van der Waals surface area (Å²) in [5.74, 6) is 0.452. The molecule has 1 aromatic carbocycles. The number of carbonyl (C=O) groups is 1. The number of amides is 2. The van der Waals surface area contributed by atoms with Crippen LogP contribution in [-0.2, 0) is 16.3 Å². The normalized spacial score (nSPS) is 20.9. The van der Waals surface area contributed by atoms with E-state index in [0.29, 0.717) is 6.42 Å². The number of sulfone groups is 1. The summed E-state index contributed by atoms with van der Waals surface area (Å²) in [6.07, 6.45) is 2.07. The van der Waals surface area contributed by atoms with Crippen LogP contribution in [0.4, 0.5) is 4.79 Å². The van der Waals surface area contributed by atoms with E-state index in [-0.39, 0.29) is 35.4 Å². The number of rotatable bonds is 5. The van der Waals surface area contributed by atoms with Crippen molar-refractivity contribution in [2.75, 3.05) is 18.6 Å². The number of nitrogens with zero attached hydrogens (tertiary/aromatic N) is 1. The maximum atomic E-state index is 12.2. The summed E-state index contributed by atoms with van der Waals surface area (Å²) in [5.41, 5.74) is 1.10. The zero-order valence-electron chi connectivity index (χ0n) is 13.5. The Balaban J connectivity index is 1.79. The summed E-state index contributed by atoms with van der Waals surface area (Å²) in [7, 11) is -1.35. The minimum absolute atomic E-state index is 0.0169. The van der Waals surface area contributed by atoms with E-state index >= 15 is 0 Å². The minimum Gasteiger partial charge on any atom is -0.508 e. The van der Waals surface area contributed by atoms with E-state index in [1.807, 2.05) is 19.1 Å². The number of nitrogens with one attached hydrogen (secondary N) is 1. The number of phenols is 1. The molecule has 0 bridgehead atoms. The van der Waals surface area contributed by atoms with Crippen LogP contribution in [0.5, 0.6) is 5.75 Å². The fourth-order valence-electron chi connectivity index (χ4n) is 2.68. The molecule has 1 fully saturated rings. The van der Waals surface area contributed by atoms with Crippen molar-refractivity contribution in [2.24, 2.45) is 0 Å². The second-order valence-corrected chi connectivity index (χ2v) is 8.45. The summed E-state index contributed by atoms with van der Waals surface area (Å²) >= 11 is 0. The quantitative estimate of drug-likeness (QED) is 0.851. The standard InChI is InChI=1S/C16H24N2O4S/c1-12(3-4-13-5-7-15(19)8-6-13)17-16(20)18(2)14-9-10-23(21,22)11-14/h5-8,12,14,19H,3-4,9-11H2,1-2H3,(H,17,20)/t12-,14+/m0/s1. The molecular weight excluding hydrogens is 316 g/mol. The Hall–Kier alpha value is -1.76. The Kier molecular flexibility index (Phi) is 5.51. The number of urea groups is 1. The van der Waals surface area contributed by atoms with Gasteiger partial charge in [-0.25, -0.2) is 13.2 Å². The Bertz CT molecular complexity index is 643. The van der Waals surface area contributed by atoms with Crippen LogP contribution in [0.1, 0.15) is 25.3 Å². The van der Waals surface area contributed by atoms with Gasteiger partial charge in [-0.15, -0.1) is 0 Å². The van der Waals surface area contributed by atoms with Gasteiger partial charge >= 0.3 is 6.03 Å². The largest absolute Gasteiger partial charge is 0.508 e. The van der Waals surface area contributed by atoms with Gasteiger partial charge in [-0.2, -0.15) is 0 Å². The predicted octanol–water partition coefficient (Wildman–Crippen LogP) is 1.54. The number of hydrogen-bond donors (Lipinski definition) is 2. The van der Waals surface area contributed by atoms with Crippen LogP contribution in [0.25, 0.3) is 0 Å². The van der Waals surface area contributed by atoms with Crippen molar-refractivity contribution < 1.29 is 18.3 Å². The fraction of sp³-hybridized carbons (Fsp3) is 0.562. The van der Waals surface area contributed by atoms with Gasteiger partial charge in [0, 0.05) is 19.1 Å². The summed E-state index contributed by atoms with van der Waals surface area (Å²) in [5, 5.41) is 12.2. The van der Waals surface area contributed by atoms with Gasteiger partial charge in [0.25, 0.3) is 0 Å². The van der Waals surface area contributed by atoms with Crippen LogP contribution in [0.15, 0.2) is 24.3 Å². The first-order valence-electron chi connectivity index (χ1n) is 7.78. The minimum atomic E-state index is -2.99. The van der Waals surface area contributed by atoms with Crippen LogP contribution < -0.4 is 5.32 Å². The fourth-order valence-corrected chi connectivity index (χ4v) is 4.45. The molecule has 2 amide bonds. The third-order valence-corrected chi connectivity index (χ3v) is 6.00. The first kappa shape index (κ1) is 17.6. The molecule has 2 atom stereocenters. The van der Waals surface area contributed by atoms with Crippen molar-refractivity contribution in [3.05, 3.63) is 29.8 Å². The highest BCUT2D eigenvalue weighted by Crippen LogP contribution is 2.17. The summed E-state index contributed by atoms with van der Waals surface area (Å²) in [6, 6.07) is 6.53. The molecule has 0 unspecified atom stereocenters. The smallest absolute Gasteiger partial charge is 0.317 e. The Morgan fingerprint density at radius 1 is 1.39 bits per heavy atom. The maximum Gasteiger partial charge on any atom is 0.317 e. The number of benzene rings is 1. The van der Waals surface area contributed by atoms with Crippen molar-refractivity contribution in [3.63, 3.8) is 0 Å². The van der Waals surface area contributed by atoms with Crippen LogP contribution in [-0.4, -0.2) is 55.1 Å². The molecule has 0 saturated carbocycles. The molecular formula is C16H24N2O4S. The van der Waals surface area contributed by atoms with Crippen molar-refractivity contribution in [2.45, 2.75) is 38.3 Å². The van der Waals surface area contributed by atoms with E-state index in [4.69, 9.17) is 0 Å². The van der Waals surface area contributed by atoms with E-state index in [9.17, 15) is 18.3 Å². The van der Waals surface area contributed by atoms with Crippen molar-refractivity contribution >= 4 is 15.9 Å². The molecule has 0 radical (unpaired) electrons. The van der Waals surface area contributed by atoms with Gasteiger partial charge in [-0.1, -0.05) is 12.1 Å². The lowest BCUT2D eigenvalue weighted by Gasteiger charge is -2.26. The first-order valence-corrected chi connectivity index (χ1v) is 9.60. The Morgan fingerprint density at radius 2 is 2.04 bits per heavy atom. The van der Waals surface area contributed by atoms with E-state index in [1.54, 1.807) is 19.2 Å². The zero-order chi connectivity index (χ0) is 17.0. The lowest BCUT2D eigenvalue weighted by molar-refractivity contribution is 0.191. The molecule has 0 aliphatic carbocycles. The molecule has 1 aromatic rings. The van der Waals surface area contributed by atoms with E-state index in [0.717, 1.165) is 18.4 Å². The average Bonchev–Trinajstić information content (AvgIpc) is 2.86. The summed E-state index contributed by atoms with van der Waals surface area (Å²) in [6.45, 7) is 1.93. The molecule has 0 spiro atoms. The van der Waals surface area contributed by atoms with Crippen LogP contribution in [0.2, 0.25) is 0 Å². The van der Waals surface area contributed by atoms with E-state index in [2.05, 4.69) is 5.32 Å². The lowest BCUT2D eigenvalue weighted by Crippen LogP contribution is -2.47. The lowest BCUT2D eigenvalue weighted by atomic mass is 10.1. The Morgan fingerprint density at radius 3 is 2.61 bits per heavy atom. The van der Waals surface area contributed by atoms with Crippen LogP contribution in [0, 0.1) is 0 Å². The van der Waals surface area contributed by atoms with Crippen molar-refractivity contribution in [3.8, 4) is 5.75 Å². The highest BCUT2D eigenvalue weighted by molar-refractivity contribution is 7.91.